The maximum Gasteiger partial charge on any atom is 0.227 e. The Labute approximate surface area is 157 Å². The van der Waals surface area contributed by atoms with Gasteiger partial charge in [-0.3, -0.25) is 0 Å². The van der Waals surface area contributed by atoms with Crippen LogP contribution in [0.4, 0.5) is 11.6 Å². The van der Waals surface area contributed by atoms with Crippen molar-refractivity contribution in [2.24, 2.45) is 0 Å². The van der Waals surface area contributed by atoms with Gasteiger partial charge in [0.15, 0.2) is 0 Å². The average Bonchev–Trinajstić information content (AvgIpc) is 2.73. The van der Waals surface area contributed by atoms with Crippen molar-refractivity contribution in [1.82, 2.24) is 9.97 Å². The van der Waals surface area contributed by atoms with Crippen molar-refractivity contribution in [2.75, 3.05) is 19.5 Å². The average molecular weight is 357 g/mol. The maximum absolute atomic E-state index is 5.27. The van der Waals surface area contributed by atoms with Gasteiger partial charge in [-0.05, 0) is 29.8 Å². The van der Waals surface area contributed by atoms with E-state index in [1.807, 2.05) is 66.9 Å². The van der Waals surface area contributed by atoms with E-state index in [-0.39, 0.29) is 0 Å². The highest BCUT2D eigenvalue weighted by Gasteiger charge is 2.08. The third-order valence-corrected chi connectivity index (χ3v) is 4.34. The van der Waals surface area contributed by atoms with Crippen LogP contribution in [0.1, 0.15) is 0 Å². The number of aromatic nitrogens is 2. The molecule has 0 atom stereocenters. The quantitative estimate of drug-likeness (QED) is 0.541. The fraction of sp³-hybridized carbons (Fsp3) is 0.0909. The second kappa shape index (κ2) is 7.33. The lowest BCUT2D eigenvalue weighted by Gasteiger charge is -2.10. The predicted molar refractivity (Wildman–Crippen MR) is 108 cm³/mol. The van der Waals surface area contributed by atoms with Crippen molar-refractivity contribution < 1.29 is 9.47 Å². The molecule has 5 nitrogen and oxygen atoms in total. The first-order valence-electron chi connectivity index (χ1n) is 8.58. The number of anilines is 2. The van der Waals surface area contributed by atoms with Gasteiger partial charge in [0.1, 0.15) is 11.5 Å². The molecule has 0 radical (unpaired) electrons. The van der Waals surface area contributed by atoms with Crippen molar-refractivity contribution in [1.29, 1.82) is 0 Å². The summed E-state index contributed by atoms with van der Waals surface area (Å²) in [5.41, 5.74) is 3.89. The normalized spacial score (nSPS) is 10.6. The van der Waals surface area contributed by atoms with E-state index in [0.29, 0.717) is 5.95 Å². The van der Waals surface area contributed by atoms with Gasteiger partial charge in [0.2, 0.25) is 5.95 Å². The molecular weight excluding hydrogens is 338 g/mol. The Bertz CT molecular complexity index is 1080. The van der Waals surface area contributed by atoms with E-state index in [1.165, 1.54) is 0 Å². The molecule has 134 valence electrons. The third-order valence-electron chi connectivity index (χ3n) is 4.34. The molecular formula is C22H19N3O2. The maximum atomic E-state index is 5.27. The zero-order chi connectivity index (χ0) is 18.6. The molecule has 0 amide bonds. The summed E-state index contributed by atoms with van der Waals surface area (Å²) in [7, 11) is 3.31. The van der Waals surface area contributed by atoms with Gasteiger partial charge < -0.3 is 14.8 Å². The van der Waals surface area contributed by atoms with E-state index in [0.717, 1.165) is 39.2 Å². The van der Waals surface area contributed by atoms with Crippen LogP contribution in [0.3, 0.4) is 0 Å². The summed E-state index contributed by atoms with van der Waals surface area (Å²) in [6.45, 7) is 0. The minimum Gasteiger partial charge on any atom is -0.497 e. The van der Waals surface area contributed by atoms with E-state index < -0.39 is 0 Å². The fourth-order valence-corrected chi connectivity index (χ4v) is 2.95. The molecule has 0 fully saturated rings. The summed E-state index contributed by atoms with van der Waals surface area (Å²) in [5, 5.41) is 4.23. The number of para-hydroxylation sites is 1. The zero-order valence-corrected chi connectivity index (χ0v) is 15.1. The number of fused-ring (bicyclic) bond motifs is 1. The highest BCUT2D eigenvalue weighted by atomic mass is 16.5. The molecule has 1 aromatic heterocycles. The van der Waals surface area contributed by atoms with E-state index in [4.69, 9.17) is 14.5 Å². The largest absolute Gasteiger partial charge is 0.497 e. The van der Waals surface area contributed by atoms with Crippen LogP contribution in [0.25, 0.3) is 22.0 Å². The van der Waals surface area contributed by atoms with Crippen molar-refractivity contribution in [2.45, 2.75) is 0 Å². The molecule has 4 rings (SSSR count). The van der Waals surface area contributed by atoms with Crippen LogP contribution in [-0.2, 0) is 0 Å². The summed E-state index contributed by atoms with van der Waals surface area (Å²) in [4.78, 5) is 9.19. The molecule has 0 bridgehead atoms. The molecule has 0 unspecified atom stereocenters. The van der Waals surface area contributed by atoms with Gasteiger partial charge in [-0.1, -0.05) is 36.4 Å². The first-order valence-corrected chi connectivity index (χ1v) is 8.58. The molecule has 5 heteroatoms. The Morgan fingerprint density at radius 3 is 2.37 bits per heavy atom. The van der Waals surface area contributed by atoms with E-state index >= 15 is 0 Å². The lowest BCUT2D eigenvalue weighted by Crippen LogP contribution is -1.98. The second-order valence-electron chi connectivity index (χ2n) is 6.02. The van der Waals surface area contributed by atoms with Gasteiger partial charge in [0, 0.05) is 28.9 Å². The summed E-state index contributed by atoms with van der Waals surface area (Å²) >= 11 is 0. The SMILES string of the molecule is COc1ccc(-c2cccc3cnc(Nc4cccc(OC)c4)nc23)cc1. The molecule has 0 saturated carbocycles. The van der Waals surface area contributed by atoms with Gasteiger partial charge >= 0.3 is 0 Å². The van der Waals surface area contributed by atoms with Crippen molar-refractivity contribution in [3.8, 4) is 22.6 Å². The number of hydrogen-bond donors (Lipinski definition) is 1. The molecule has 0 aliphatic carbocycles. The molecule has 1 heterocycles. The number of methoxy groups -OCH3 is 2. The van der Waals surface area contributed by atoms with Crippen LogP contribution in [0.5, 0.6) is 11.5 Å². The molecule has 0 aliphatic rings. The predicted octanol–water partition coefficient (Wildman–Crippen LogP) is 5.06. The third kappa shape index (κ3) is 3.53. The molecule has 0 saturated heterocycles. The van der Waals surface area contributed by atoms with Gasteiger partial charge in [0.25, 0.3) is 0 Å². The zero-order valence-electron chi connectivity index (χ0n) is 15.1. The molecule has 27 heavy (non-hydrogen) atoms. The Hall–Kier alpha value is -3.60. The summed E-state index contributed by atoms with van der Waals surface area (Å²) < 4.78 is 10.5. The second-order valence-corrected chi connectivity index (χ2v) is 6.02. The Kier molecular flexibility index (Phi) is 4.58. The Balaban J connectivity index is 1.74. The van der Waals surface area contributed by atoms with Crippen LogP contribution in [0.15, 0.2) is 72.9 Å². The van der Waals surface area contributed by atoms with Crippen molar-refractivity contribution in [3.63, 3.8) is 0 Å². The highest BCUT2D eigenvalue weighted by molar-refractivity contribution is 5.93. The van der Waals surface area contributed by atoms with E-state index in [2.05, 4.69) is 16.4 Å². The lowest BCUT2D eigenvalue weighted by molar-refractivity contribution is 0.415. The number of hydrogen-bond acceptors (Lipinski definition) is 5. The highest BCUT2D eigenvalue weighted by Crippen LogP contribution is 2.29. The van der Waals surface area contributed by atoms with Gasteiger partial charge in [-0.25, -0.2) is 9.97 Å². The first kappa shape index (κ1) is 16.8. The van der Waals surface area contributed by atoms with Crippen molar-refractivity contribution in [3.05, 3.63) is 72.9 Å². The monoisotopic (exact) mass is 357 g/mol. The van der Waals surface area contributed by atoms with Gasteiger partial charge in [0.05, 0.1) is 19.7 Å². The summed E-state index contributed by atoms with van der Waals surface area (Å²) in [6.07, 6.45) is 1.83. The Morgan fingerprint density at radius 1 is 0.815 bits per heavy atom. The summed E-state index contributed by atoms with van der Waals surface area (Å²) in [5.74, 6) is 2.14. The number of nitrogens with one attached hydrogen (secondary N) is 1. The first-order chi connectivity index (χ1) is 13.3. The molecule has 0 spiro atoms. The Morgan fingerprint density at radius 2 is 1.59 bits per heavy atom. The number of benzene rings is 3. The van der Waals surface area contributed by atoms with Gasteiger partial charge in [-0.2, -0.15) is 0 Å². The number of ether oxygens (including phenoxy) is 2. The minimum atomic E-state index is 0.539. The molecule has 0 aliphatic heterocycles. The van der Waals surface area contributed by atoms with Crippen LogP contribution in [0, 0.1) is 0 Å². The van der Waals surface area contributed by atoms with Crippen LogP contribution in [-0.4, -0.2) is 24.2 Å². The molecule has 4 aromatic rings. The topological polar surface area (TPSA) is 56.3 Å². The van der Waals surface area contributed by atoms with Gasteiger partial charge in [-0.15, -0.1) is 0 Å². The lowest BCUT2D eigenvalue weighted by atomic mass is 10.0. The minimum absolute atomic E-state index is 0.539. The number of nitrogens with zero attached hydrogens (tertiary/aromatic N) is 2. The molecule has 1 N–H and O–H groups in total. The number of rotatable bonds is 5. The van der Waals surface area contributed by atoms with Crippen LogP contribution >= 0.6 is 0 Å². The van der Waals surface area contributed by atoms with E-state index in [1.54, 1.807) is 14.2 Å². The van der Waals surface area contributed by atoms with Crippen LogP contribution < -0.4 is 14.8 Å². The fourth-order valence-electron chi connectivity index (χ4n) is 2.95. The van der Waals surface area contributed by atoms with E-state index in [9.17, 15) is 0 Å². The summed E-state index contributed by atoms with van der Waals surface area (Å²) in [6, 6.07) is 21.7. The molecule has 3 aromatic carbocycles. The standard InChI is InChI=1S/C22H19N3O2/c1-26-18-11-9-15(10-12-18)20-8-3-5-16-14-23-22(25-21(16)20)24-17-6-4-7-19(13-17)27-2/h3-14H,1-2H3,(H,23,24,25). The van der Waals surface area contributed by atoms with Crippen molar-refractivity contribution >= 4 is 22.5 Å². The smallest absolute Gasteiger partial charge is 0.227 e. The van der Waals surface area contributed by atoms with Crippen LogP contribution in [0.2, 0.25) is 0 Å².